The van der Waals surface area contributed by atoms with Gasteiger partial charge in [-0.15, -0.1) is 11.6 Å². The minimum absolute atomic E-state index is 0.439. The van der Waals surface area contributed by atoms with Crippen LogP contribution >= 0.6 is 11.6 Å². The van der Waals surface area contributed by atoms with Crippen LogP contribution in [0.3, 0.4) is 0 Å². The first-order chi connectivity index (χ1) is 7.24. The van der Waals surface area contributed by atoms with Gasteiger partial charge in [0.1, 0.15) is 0 Å². The van der Waals surface area contributed by atoms with Crippen molar-refractivity contribution in [2.45, 2.75) is 24.8 Å². The summed E-state index contributed by atoms with van der Waals surface area (Å²) in [6.45, 7) is 3.20. The third kappa shape index (κ3) is 3.21. The monoisotopic (exact) mass is 227 g/mol. The smallest absolute Gasteiger partial charge is 0.0536 e. The van der Waals surface area contributed by atoms with E-state index in [-0.39, 0.29) is 0 Å². The van der Waals surface area contributed by atoms with Gasteiger partial charge in [-0.1, -0.05) is 0 Å². The Kier molecular flexibility index (Phi) is 3.65. The summed E-state index contributed by atoms with van der Waals surface area (Å²) in [5, 5.41) is 4.62. The van der Waals surface area contributed by atoms with Crippen molar-refractivity contribution in [1.82, 2.24) is 14.7 Å². The average molecular weight is 228 g/mol. The topological polar surface area (TPSA) is 21.1 Å². The SMILES string of the molecule is CN(CCn1cccn1)CC1CC(Cl)C1. The van der Waals surface area contributed by atoms with Gasteiger partial charge in [0, 0.05) is 30.9 Å². The Morgan fingerprint density at radius 3 is 2.93 bits per heavy atom. The molecule has 4 heteroatoms. The fourth-order valence-electron chi connectivity index (χ4n) is 2.04. The van der Waals surface area contributed by atoms with E-state index in [1.807, 2.05) is 23.1 Å². The van der Waals surface area contributed by atoms with E-state index in [0.29, 0.717) is 5.38 Å². The second-order valence-electron chi connectivity index (χ2n) is 4.47. The number of hydrogen-bond acceptors (Lipinski definition) is 2. The van der Waals surface area contributed by atoms with E-state index in [1.54, 1.807) is 0 Å². The molecule has 0 aromatic carbocycles. The zero-order valence-electron chi connectivity index (χ0n) is 9.14. The summed E-state index contributed by atoms with van der Waals surface area (Å²) in [5.74, 6) is 0.815. The molecule has 1 aromatic heterocycles. The maximum Gasteiger partial charge on any atom is 0.0536 e. The quantitative estimate of drug-likeness (QED) is 0.716. The fourth-order valence-corrected chi connectivity index (χ4v) is 2.55. The lowest BCUT2D eigenvalue weighted by Crippen LogP contribution is -2.36. The van der Waals surface area contributed by atoms with E-state index < -0.39 is 0 Å². The van der Waals surface area contributed by atoms with Gasteiger partial charge in [0.25, 0.3) is 0 Å². The molecule has 1 heterocycles. The van der Waals surface area contributed by atoms with Crippen LogP contribution in [0.25, 0.3) is 0 Å². The molecule has 1 fully saturated rings. The summed E-state index contributed by atoms with van der Waals surface area (Å²) in [6, 6.07) is 1.96. The molecule has 1 saturated carbocycles. The highest BCUT2D eigenvalue weighted by molar-refractivity contribution is 6.21. The first kappa shape index (κ1) is 11.0. The number of alkyl halides is 1. The molecule has 15 heavy (non-hydrogen) atoms. The van der Waals surface area contributed by atoms with Crippen LogP contribution in [0.15, 0.2) is 18.5 Å². The van der Waals surface area contributed by atoms with E-state index in [0.717, 1.165) is 19.0 Å². The Balaban J connectivity index is 1.62. The van der Waals surface area contributed by atoms with Gasteiger partial charge in [0.2, 0.25) is 0 Å². The molecule has 0 radical (unpaired) electrons. The normalized spacial score (nSPS) is 25.5. The van der Waals surface area contributed by atoms with Crippen molar-refractivity contribution < 1.29 is 0 Å². The largest absolute Gasteiger partial charge is 0.304 e. The molecule has 1 aliphatic rings. The third-order valence-electron chi connectivity index (χ3n) is 3.02. The lowest BCUT2D eigenvalue weighted by Gasteiger charge is -2.34. The van der Waals surface area contributed by atoms with Crippen LogP contribution in [0, 0.1) is 5.92 Å². The molecule has 0 unspecified atom stereocenters. The van der Waals surface area contributed by atoms with Crippen molar-refractivity contribution in [3.05, 3.63) is 18.5 Å². The van der Waals surface area contributed by atoms with Crippen molar-refractivity contribution in [3.63, 3.8) is 0 Å². The van der Waals surface area contributed by atoms with E-state index in [1.165, 1.54) is 19.4 Å². The number of halogens is 1. The van der Waals surface area contributed by atoms with Gasteiger partial charge in [-0.2, -0.15) is 5.10 Å². The summed E-state index contributed by atoms with van der Waals surface area (Å²) in [4.78, 5) is 2.37. The molecule has 1 aromatic rings. The van der Waals surface area contributed by atoms with Crippen molar-refractivity contribution in [2.24, 2.45) is 5.92 Å². The van der Waals surface area contributed by atoms with Crippen molar-refractivity contribution in [1.29, 1.82) is 0 Å². The van der Waals surface area contributed by atoms with Crippen molar-refractivity contribution in [2.75, 3.05) is 20.1 Å². The zero-order valence-corrected chi connectivity index (χ0v) is 9.90. The fraction of sp³-hybridized carbons (Fsp3) is 0.727. The predicted octanol–water partition coefficient (Wildman–Crippen LogP) is 1.83. The Hall–Kier alpha value is -0.540. The Morgan fingerprint density at radius 1 is 1.53 bits per heavy atom. The number of aromatic nitrogens is 2. The summed E-state index contributed by atoms with van der Waals surface area (Å²) >= 11 is 5.95. The summed E-state index contributed by atoms with van der Waals surface area (Å²) < 4.78 is 1.97. The van der Waals surface area contributed by atoms with Gasteiger partial charge in [0.15, 0.2) is 0 Å². The molecular formula is C11H18ClN3. The van der Waals surface area contributed by atoms with Crippen LogP contribution in [0.4, 0.5) is 0 Å². The molecule has 0 spiro atoms. The molecule has 2 rings (SSSR count). The van der Waals surface area contributed by atoms with E-state index in [2.05, 4.69) is 17.0 Å². The highest BCUT2D eigenvalue weighted by atomic mass is 35.5. The average Bonchev–Trinajstić information content (AvgIpc) is 2.65. The van der Waals surface area contributed by atoms with Crippen LogP contribution in [0.2, 0.25) is 0 Å². The van der Waals surface area contributed by atoms with Crippen molar-refractivity contribution >= 4 is 11.6 Å². The van der Waals surface area contributed by atoms with Crippen LogP contribution in [0.5, 0.6) is 0 Å². The second-order valence-corrected chi connectivity index (χ2v) is 5.08. The Labute approximate surface area is 96.0 Å². The van der Waals surface area contributed by atoms with Crippen LogP contribution in [-0.4, -0.2) is 40.2 Å². The molecule has 0 bridgehead atoms. The van der Waals surface area contributed by atoms with E-state index >= 15 is 0 Å². The molecule has 0 atom stereocenters. The molecule has 0 aliphatic heterocycles. The van der Waals surface area contributed by atoms with Gasteiger partial charge in [-0.05, 0) is 31.9 Å². The van der Waals surface area contributed by atoms with Gasteiger partial charge >= 0.3 is 0 Å². The molecule has 84 valence electrons. The van der Waals surface area contributed by atoms with Crippen molar-refractivity contribution in [3.8, 4) is 0 Å². The summed E-state index contributed by atoms with van der Waals surface area (Å²) in [6.07, 6.45) is 6.21. The van der Waals surface area contributed by atoms with Gasteiger partial charge in [-0.25, -0.2) is 0 Å². The standard InChI is InChI=1S/C11H18ClN3/c1-14(9-10-7-11(12)8-10)5-6-15-4-2-3-13-15/h2-4,10-11H,5-9H2,1H3. The third-order valence-corrected chi connectivity index (χ3v) is 3.37. The zero-order chi connectivity index (χ0) is 10.7. The maximum absolute atomic E-state index is 5.95. The van der Waals surface area contributed by atoms with Crippen LogP contribution in [-0.2, 0) is 6.54 Å². The number of nitrogens with zero attached hydrogens (tertiary/aromatic N) is 3. The minimum atomic E-state index is 0.439. The number of rotatable bonds is 5. The molecule has 1 aliphatic carbocycles. The second kappa shape index (κ2) is 4.99. The Bertz CT molecular complexity index is 280. The predicted molar refractivity (Wildman–Crippen MR) is 62.1 cm³/mol. The maximum atomic E-state index is 5.95. The minimum Gasteiger partial charge on any atom is -0.304 e. The first-order valence-electron chi connectivity index (χ1n) is 5.54. The van der Waals surface area contributed by atoms with Crippen LogP contribution in [0.1, 0.15) is 12.8 Å². The number of hydrogen-bond donors (Lipinski definition) is 0. The van der Waals surface area contributed by atoms with Gasteiger partial charge in [-0.3, -0.25) is 4.68 Å². The highest BCUT2D eigenvalue weighted by Crippen LogP contribution is 2.32. The van der Waals surface area contributed by atoms with Crippen LogP contribution < -0.4 is 0 Å². The van der Waals surface area contributed by atoms with Gasteiger partial charge in [0.05, 0.1) is 6.54 Å². The number of likely N-dealkylation sites (N-methyl/N-ethyl adjacent to an activating group) is 1. The Morgan fingerprint density at radius 2 is 2.33 bits per heavy atom. The van der Waals surface area contributed by atoms with E-state index in [4.69, 9.17) is 11.6 Å². The summed E-state index contributed by atoms with van der Waals surface area (Å²) in [5.41, 5.74) is 0. The van der Waals surface area contributed by atoms with E-state index in [9.17, 15) is 0 Å². The molecule has 0 N–H and O–H groups in total. The lowest BCUT2D eigenvalue weighted by molar-refractivity contribution is 0.203. The van der Waals surface area contributed by atoms with Gasteiger partial charge < -0.3 is 4.90 Å². The lowest BCUT2D eigenvalue weighted by atomic mass is 9.84. The molecule has 0 amide bonds. The highest BCUT2D eigenvalue weighted by Gasteiger charge is 2.27. The first-order valence-corrected chi connectivity index (χ1v) is 5.97. The molecule has 3 nitrogen and oxygen atoms in total. The molecular weight excluding hydrogens is 210 g/mol. The molecule has 0 saturated heterocycles. The summed E-state index contributed by atoms with van der Waals surface area (Å²) in [7, 11) is 2.17.